The van der Waals surface area contributed by atoms with E-state index in [0.29, 0.717) is 58.3 Å². The Kier molecular flexibility index (Phi) is 22.4. The summed E-state index contributed by atoms with van der Waals surface area (Å²) in [5.74, 6) is 0.0885. The SMILES string of the molecule is CC(C)(C)OC(=O)N1CC=CC1.CC(C)(C)OC(=O)N1C[C@@H]2CN(Cc3ccccc3)O[C@@H]2C1.CC(C)(C)OC(=O)N1C[C@H](CN)[C@H](O)C1.CC(C)(C)OC(=O)N1C[C@H](CNC(=O)OCc2ccccc2)[C@H](O)C1. The molecule has 414 valence electrons. The van der Waals surface area contributed by atoms with Crippen LogP contribution in [0.15, 0.2) is 72.8 Å². The summed E-state index contributed by atoms with van der Waals surface area (Å²) in [6, 6.07) is 19.7. The van der Waals surface area contributed by atoms with Gasteiger partial charge >= 0.3 is 30.5 Å². The predicted octanol–water partition coefficient (Wildman–Crippen LogP) is 6.78. The summed E-state index contributed by atoms with van der Waals surface area (Å²) in [7, 11) is 0. The van der Waals surface area contributed by atoms with Gasteiger partial charge in [-0.25, -0.2) is 24.0 Å². The lowest BCUT2D eigenvalue weighted by Crippen LogP contribution is -2.37. The minimum atomic E-state index is -0.707. The number of amides is 5. The molecule has 5 amide bonds. The molecule has 7 rings (SSSR count). The van der Waals surface area contributed by atoms with Crippen LogP contribution in [0.4, 0.5) is 24.0 Å². The third-order valence-electron chi connectivity index (χ3n) is 11.6. The van der Waals surface area contributed by atoms with Gasteiger partial charge in [0.2, 0.25) is 0 Å². The Morgan fingerprint density at radius 3 is 1.42 bits per heavy atom. The van der Waals surface area contributed by atoms with Gasteiger partial charge in [0, 0.05) is 70.1 Å². The van der Waals surface area contributed by atoms with E-state index in [1.807, 2.05) is 128 Å². The van der Waals surface area contributed by atoms with E-state index in [1.54, 1.807) is 30.6 Å². The molecule has 4 fully saturated rings. The monoisotopic (exact) mass is 1040 g/mol. The van der Waals surface area contributed by atoms with Crippen molar-refractivity contribution in [2.24, 2.45) is 23.5 Å². The maximum atomic E-state index is 12.1. The average molecular weight is 1040 g/mol. The summed E-state index contributed by atoms with van der Waals surface area (Å²) in [4.78, 5) is 71.2. The number of nitrogens with zero attached hydrogens (tertiary/aromatic N) is 5. The summed E-state index contributed by atoms with van der Waals surface area (Å²) in [6.07, 6.45) is 0.937. The number of likely N-dealkylation sites (tertiary alicyclic amines) is 3. The Balaban J connectivity index is 0.000000222. The molecule has 5 N–H and O–H groups in total. The maximum absolute atomic E-state index is 12.1. The zero-order valence-electron chi connectivity index (χ0n) is 45.8. The fraction of sp³-hybridized carbons (Fsp3) is 0.648. The first-order valence-electron chi connectivity index (χ1n) is 25.5. The molecule has 4 saturated heterocycles. The molecule has 2 aromatic rings. The number of fused-ring (bicyclic) bond motifs is 1. The molecule has 5 heterocycles. The lowest BCUT2D eigenvalue weighted by atomic mass is 10.1. The largest absolute Gasteiger partial charge is 0.445 e. The molecule has 5 aliphatic rings. The molecule has 0 saturated carbocycles. The topological polar surface area (TPSA) is 235 Å². The number of carbonyl (C=O) groups excluding carboxylic acids is 5. The molecule has 0 radical (unpaired) electrons. The number of aliphatic hydroxyl groups is 2. The van der Waals surface area contributed by atoms with Gasteiger partial charge in [-0.2, -0.15) is 5.06 Å². The Morgan fingerprint density at radius 1 is 0.568 bits per heavy atom. The predicted molar refractivity (Wildman–Crippen MR) is 278 cm³/mol. The van der Waals surface area contributed by atoms with Crippen LogP contribution in [0.5, 0.6) is 0 Å². The lowest BCUT2D eigenvalue weighted by molar-refractivity contribution is -0.153. The van der Waals surface area contributed by atoms with Crippen molar-refractivity contribution in [1.29, 1.82) is 0 Å². The van der Waals surface area contributed by atoms with E-state index in [1.165, 1.54) is 15.4 Å². The highest BCUT2D eigenvalue weighted by Gasteiger charge is 2.44. The molecule has 5 aliphatic heterocycles. The minimum absolute atomic E-state index is 0.0301. The number of hydrogen-bond acceptors (Lipinski definition) is 15. The van der Waals surface area contributed by atoms with Crippen molar-refractivity contribution in [2.45, 2.75) is 137 Å². The quantitative estimate of drug-likeness (QED) is 0.165. The van der Waals surface area contributed by atoms with Crippen LogP contribution in [0.2, 0.25) is 0 Å². The lowest BCUT2D eigenvalue weighted by Gasteiger charge is -2.25. The summed E-state index contributed by atoms with van der Waals surface area (Å²) >= 11 is 0. The number of aliphatic hydroxyl groups excluding tert-OH is 2. The molecule has 2 aromatic carbocycles. The molecule has 0 aliphatic carbocycles. The van der Waals surface area contributed by atoms with E-state index in [2.05, 4.69) is 17.4 Å². The van der Waals surface area contributed by atoms with Crippen LogP contribution in [-0.2, 0) is 41.7 Å². The van der Waals surface area contributed by atoms with Crippen molar-refractivity contribution >= 4 is 30.5 Å². The number of hydroxylamine groups is 2. The second-order valence-corrected chi connectivity index (χ2v) is 23.1. The maximum Gasteiger partial charge on any atom is 0.410 e. The van der Waals surface area contributed by atoms with Gasteiger partial charge in [0.15, 0.2) is 0 Å². The van der Waals surface area contributed by atoms with Gasteiger partial charge in [0.05, 0.1) is 31.8 Å². The van der Waals surface area contributed by atoms with Gasteiger partial charge in [-0.1, -0.05) is 72.8 Å². The second-order valence-electron chi connectivity index (χ2n) is 23.1. The summed E-state index contributed by atoms with van der Waals surface area (Å²) in [6.45, 7) is 28.6. The van der Waals surface area contributed by atoms with Crippen LogP contribution in [0.25, 0.3) is 0 Å². The summed E-state index contributed by atoms with van der Waals surface area (Å²) in [5.41, 5.74) is 5.70. The number of carbonyl (C=O) groups is 5. The highest BCUT2D eigenvalue weighted by molar-refractivity contribution is 5.70. The smallest absolute Gasteiger partial charge is 0.410 e. The number of nitrogens with one attached hydrogen (secondary N) is 1. The third-order valence-corrected chi connectivity index (χ3v) is 11.6. The number of ether oxygens (including phenoxy) is 5. The number of rotatable bonds is 7. The van der Waals surface area contributed by atoms with Gasteiger partial charge in [-0.3, -0.25) is 4.84 Å². The highest BCUT2D eigenvalue weighted by Crippen LogP contribution is 2.30. The van der Waals surface area contributed by atoms with Crippen LogP contribution in [0, 0.1) is 17.8 Å². The normalized spacial score (nSPS) is 22.5. The van der Waals surface area contributed by atoms with Crippen molar-refractivity contribution in [2.75, 3.05) is 72.0 Å². The van der Waals surface area contributed by atoms with Crippen LogP contribution in [-0.4, -0.2) is 178 Å². The van der Waals surface area contributed by atoms with E-state index in [9.17, 15) is 34.2 Å². The number of β-amino-alcohol motifs (C(OH)–C–C–N with tert-alkyl or cyclic N) is 2. The fourth-order valence-corrected chi connectivity index (χ4v) is 8.03. The Bertz CT molecular complexity index is 2100. The molecule has 6 atom stereocenters. The van der Waals surface area contributed by atoms with Crippen LogP contribution < -0.4 is 11.1 Å². The van der Waals surface area contributed by atoms with Crippen LogP contribution in [0.1, 0.15) is 94.2 Å². The number of nitrogens with two attached hydrogens (primary N) is 1. The number of hydrogen-bond donors (Lipinski definition) is 4. The molecule has 20 heteroatoms. The third kappa shape index (κ3) is 22.0. The van der Waals surface area contributed by atoms with E-state index in [-0.39, 0.29) is 61.5 Å². The molecule has 0 unspecified atom stereocenters. The fourth-order valence-electron chi connectivity index (χ4n) is 8.03. The molecular weight excluding hydrogens is 955 g/mol. The van der Waals surface area contributed by atoms with E-state index in [0.717, 1.165) is 18.7 Å². The Morgan fingerprint density at radius 2 is 0.986 bits per heavy atom. The molecule has 0 aromatic heterocycles. The van der Waals surface area contributed by atoms with Gasteiger partial charge < -0.3 is 64.5 Å². The van der Waals surface area contributed by atoms with Gasteiger partial charge in [0.25, 0.3) is 0 Å². The molecule has 0 bridgehead atoms. The number of alkyl carbamates (subject to hydrolysis) is 1. The van der Waals surface area contributed by atoms with E-state index < -0.39 is 41.2 Å². The molecule has 20 nitrogen and oxygen atoms in total. The average Bonchev–Trinajstić information content (AvgIpc) is 4.15. The first kappa shape index (κ1) is 60.9. The summed E-state index contributed by atoms with van der Waals surface area (Å²) in [5, 5.41) is 24.3. The van der Waals surface area contributed by atoms with Crippen molar-refractivity contribution < 1.29 is 62.7 Å². The Labute approximate surface area is 438 Å². The van der Waals surface area contributed by atoms with Crippen LogP contribution >= 0.6 is 0 Å². The highest BCUT2D eigenvalue weighted by atomic mass is 16.7. The summed E-state index contributed by atoms with van der Waals surface area (Å²) < 4.78 is 26.2. The first-order chi connectivity index (χ1) is 34.5. The second kappa shape index (κ2) is 27.2. The van der Waals surface area contributed by atoms with Gasteiger partial charge in [0.1, 0.15) is 35.1 Å². The first-order valence-corrected chi connectivity index (χ1v) is 25.5. The van der Waals surface area contributed by atoms with E-state index in [4.69, 9.17) is 34.3 Å². The van der Waals surface area contributed by atoms with Crippen LogP contribution in [0.3, 0.4) is 0 Å². The Hall–Kier alpha value is -5.67. The molecule has 0 spiro atoms. The van der Waals surface area contributed by atoms with Crippen molar-refractivity contribution in [1.82, 2.24) is 30.0 Å². The molecular formula is C54H85N7O13. The van der Waals surface area contributed by atoms with Crippen molar-refractivity contribution in [3.05, 3.63) is 83.9 Å². The van der Waals surface area contributed by atoms with Crippen molar-refractivity contribution in [3.63, 3.8) is 0 Å². The van der Waals surface area contributed by atoms with E-state index >= 15 is 0 Å². The zero-order valence-corrected chi connectivity index (χ0v) is 45.8. The van der Waals surface area contributed by atoms with Crippen molar-refractivity contribution in [3.8, 4) is 0 Å². The molecule has 74 heavy (non-hydrogen) atoms. The minimum Gasteiger partial charge on any atom is -0.445 e. The standard InChI is InChI=1S/C18H26N2O5.C17H24N2O3.C10H20N2O3.C9H15NO2/c1-18(2,3)25-17(23)20-10-14(15(21)11-20)9-19-16(22)24-12-13-7-5-4-6-8-13;1-17(2,3)21-16(20)18-10-14-11-19(22-15(14)12-18)9-13-7-5-4-6-8-13;1-10(2,3)15-9(14)12-5-7(4-11)8(13)6-12;1-9(2,3)12-8(11)10-6-4-5-7-10/h4-8,14-15,21H,9-12H2,1-3H3,(H,19,22);4-8,14-15H,9-12H2,1-3H3;7-8,13H,4-6,11H2,1-3H3;4-5H,6-7H2,1-3H3/t14-,15+;14-,15-;7-,8+;/m010./s1. The number of benzene rings is 2. The van der Waals surface area contributed by atoms with Gasteiger partial charge in [-0.15, -0.1) is 0 Å². The van der Waals surface area contributed by atoms with Gasteiger partial charge in [-0.05, 0) is 101 Å². The zero-order chi connectivity index (χ0) is 55.0.